The summed E-state index contributed by atoms with van der Waals surface area (Å²) in [5.74, 6) is -5.23. The van der Waals surface area contributed by atoms with E-state index < -0.39 is 41.5 Å². The fourth-order valence-corrected chi connectivity index (χ4v) is 5.89. The summed E-state index contributed by atoms with van der Waals surface area (Å²) < 4.78 is 0. The maximum Gasteiger partial charge on any atom is 0.328 e. The molecule has 1 saturated heterocycles. The summed E-state index contributed by atoms with van der Waals surface area (Å²) in [4.78, 5) is 64.3. The SMILES string of the molecule is CC1=CC(=O)C2=C(CC3C(=CCC4C(=O)N(C(N)=O)C(=O)C43)C2c2cc(Cl)ccc2O)C1=O. The Balaban J connectivity index is 1.73. The van der Waals surface area contributed by atoms with Gasteiger partial charge in [0.25, 0.3) is 0 Å². The van der Waals surface area contributed by atoms with E-state index in [1.165, 1.54) is 24.3 Å². The van der Waals surface area contributed by atoms with Crippen LogP contribution in [0.25, 0.3) is 0 Å². The average Bonchev–Trinajstić information content (AvgIpc) is 3.02. The fraction of sp³-hybridized carbons (Fsp3) is 0.292. The number of fused-ring (bicyclic) bond motifs is 3. The molecule has 1 aromatic rings. The van der Waals surface area contributed by atoms with Crippen LogP contribution in [0.5, 0.6) is 5.75 Å². The molecule has 33 heavy (non-hydrogen) atoms. The molecule has 1 heterocycles. The molecule has 4 aliphatic rings. The zero-order valence-corrected chi connectivity index (χ0v) is 18.3. The number of benzene rings is 1. The lowest BCUT2D eigenvalue weighted by Gasteiger charge is -2.42. The van der Waals surface area contributed by atoms with Crippen molar-refractivity contribution in [3.8, 4) is 5.75 Å². The quantitative estimate of drug-likeness (QED) is 0.371. The molecule has 0 bridgehead atoms. The number of hydrogen-bond acceptors (Lipinski definition) is 6. The summed E-state index contributed by atoms with van der Waals surface area (Å²) in [6.07, 6.45) is 3.30. The van der Waals surface area contributed by atoms with Crippen LogP contribution in [0.15, 0.2) is 52.6 Å². The van der Waals surface area contributed by atoms with Crippen LogP contribution in [0.3, 0.4) is 0 Å². The highest BCUT2D eigenvalue weighted by Gasteiger charge is 2.57. The van der Waals surface area contributed by atoms with Gasteiger partial charge in [-0.05, 0) is 50.0 Å². The van der Waals surface area contributed by atoms with Crippen LogP contribution in [-0.2, 0) is 19.2 Å². The fourth-order valence-electron chi connectivity index (χ4n) is 5.71. The van der Waals surface area contributed by atoms with E-state index in [-0.39, 0.29) is 46.9 Å². The molecule has 8 nitrogen and oxygen atoms in total. The van der Waals surface area contributed by atoms with Gasteiger partial charge in [0.05, 0.1) is 11.8 Å². The Morgan fingerprint density at radius 1 is 1.15 bits per heavy atom. The highest BCUT2D eigenvalue weighted by atomic mass is 35.5. The summed E-state index contributed by atoms with van der Waals surface area (Å²) >= 11 is 6.19. The average molecular weight is 467 g/mol. The Kier molecular flexibility index (Phi) is 4.68. The molecule has 4 unspecified atom stereocenters. The van der Waals surface area contributed by atoms with Crippen molar-refractivity contribution in [2.75, 3.05) is 0 Å². The lowest BCUT2D eigenvalue weighted by atomic mass is 9.59. The van der Waals surface area contributed by atoms with Crippen molar-refractivity contribution in [1.29, 1.82) is 0 Å². The molecule has 1 fully saturated rings. The van der Waals surface area contributed by atoms with Crippen LogP contribution >= 0.6 is 11.6 Å². The first-order valence-electron chi connectivity index (χ1n) is 10.5. The number of carbonyl (C=O) groups excluding carboxylic acids is 5. The molecule has 1 aliphatic heterocycles. The number of urea groups is 1. The zero-order valence-electron chi connectivity index (χ0n) is 17.5. The third-order valence-corrected chi connectivity index (χ3v) is 7.32. The van der Waals surface area contributed by atoms with E-state index in [0.29, 0.717) is 21.1 Å². The number of ketones is 2. The predicted molar refractivity (Wildman–Crippen MR) is 116 cm³/mol. The number of allylic oxidation sites excluding steroid dienone is 6. The van der Waals surface area contributed by atoms with Gasteiger partial charge in [-0.15, -0.1) is 0 Å². The number of phenolic OH excluding ortho intramolecular Hbond substituents is 1. The lowest BCUT2D eigenvalue weighted by molar-refractivity contribution is -0.136. The Morgan fingerprint density at radius 3 is 2.58 bits per heavy atom. The molecule has 0 spiro atoms. The van der Waals surface area contributed by atoms with Crippen molar-refractivity contribution in [3.05, 3.63) is 63.2 Å². The van der Waals surface area contributed by atoms with Gasteiger partial charge in [0, 0.05) is 33.2 Å². The molecule has 3 aliphatic carbocycles. The van der Waals surface area contributed by atoms with Gasteiger partial charge in [-0.25, -0.2) is 4.79 Å². The summed E-state index contributed by atoms with van der Waals surface area (Å²) in [5, 5.41) is 11.0. The molecule has 3 N–H and O–H groups in total. The van der Waals surface area contributed by atoms with Gasteiger partial charge in [0.15, 0.2) is 11.6 Å². The van der Waals surface area contributed by atoms with Gasteiger partial charge >= 0.3 is 6.03 Å². The highest BCUT2D eigenvalue weighted by Crippen LogP contribution is 2.56. The second-order valence-electron chi connectivity index (χ2n) is 8.78. The first-order chi connectivity index (χ1) is 15.6. The summed E-state index contributed by atoms with van der Waals surface area (Å²) in [6.45, 7) is 1.55. The minimum absolute atomic E-state index is 0.0710. The first-order valence-corrected chi connectivity index (χ1v) is 10.9. The standard InChI is InChI=1S/C24H19ClN2O6/c1-9-6-17(29)20-15(21(9)30)8-13-11(18(20)14-7-10(25)2-5-16(14)28)3-4-12-19(13)23(32)27(22(12)31)24(26)33/h2-3,5-7,12-13,18-19,28H,4,8H2,1H3,(H2,26,33). The lowest BCUT2D eigenvalue weighted by Crippen LogP contribution is -2.42. The topological polar surface area (TPSA) is 135 Å². The van der Waals surface area contributed by atoms with Crippen molar-refractivity contribution in [1.82, 2.24) is 4.90 Å². The number of Topliss-reactive ketones (excluding diaryl/α,β-unsaturated/α-hetero) is 1. The maximum atomic E-state index is 13.1. The van der Waals surface area contributed by atoms with Gasteiger partial charge in [-0.1, -0.05) is 23.3 Å². The number of hydrogen-bond donors (Lipinski definition) is 2. The molecule has 4 amide bonds. The number of primary amides is 1. The van der Waals surface area contributed by atoms with Gasteiger partial charge in [-0.3, -0.25) is 19.2 Å². The smallest absolute Gasteiger partial charge is 0.328 e. The highest BCUT2D eigenvalue weighted by molar-refractivity contribution is 6.30. The van der Waals surface area contributed by atoms with Crippen LogP contribution in [0, 0.1) is 17.8 Å². The Labute approximate surface area is 193 Å². The van der Waals surface area contributed by atoms with Crippen LogP contribution < -0.4 is 5.73 Å². The molecule has 0 saturated carbocycles. The Bertz CT molecular complexity index is 1290. The van der Waals surface area contributed by atoms with Crippen molar-refractivity contribution in [2.45, 2.75) is 25.7 Å². The van der Waals surface area contributed by atoms with Crippen LogP contribution in [0.2, 0.25) is 5.02 Å². The Morgan fingerprint density at radius 2 is 1.88 bits per heavy atom. The van der Waals surface area contributed by atoms with Crippen LogP contribution in [0.1, 0.15) is 31.2 Å². The van der Waals surface area contributed by atoms with E-state index in [9.17, 15) is 29.1 Å². The van der Waals surface area contributed by atoms with Gasteiger partial charge in [-0.2, -0.15) is 4.90 Å². The van der Waals surface area contributed by atoms with Crippen molar-refractivity contribution >= 4 is 41.0 Å². The summed E-state index contributed by atoms with van der Waals surface area (Å²) in [6, 6.07) is 3.30. The van der Waals surface area contributed by atoms with Gasteiger partial charge in [0.2, 0.25) is 11.8 Å². The molecule has 0 radical (unpaired) electrons. The number of halogens is 1. The number of imide groups is 3. The number of phenols is 1. The molecule has 1 aromatic carbocycles. The van der Waals surface area contributed by atoms with E-state index in [0.717, 1.165) is 0 Å². The number of nitrogens with zero attached hydrogens (tertiary/aromatic N) is 1. The van der Waals surface area contributed by atoms with Crippen molar-refractivity contribution in [2.24, 2.45) is 23.5 Å². The van der Waals surface area contributed by atoms with Gasteiger partial charge < -0.3 is 10.8 Å². The molecule has 168 valence electrons. The molecule has 5 rings (SSSR count). The molecular weight excluding hydrogens is 448 g/mol. The van der Waals surface area contributed by atoms with E-state index in [2.05, 4.69) is 0 Å². The van der Waals surface area contributed by atoms with Crippen LogP contribution in [-0.4, -0.2) is 39.4 Å². The van der Waals surface area contributed by atoms with Crippen LogP contribution in [0.4, 0.5) is 4.79 Å². The monoisotopic (exact) mass is 466 g/mol. The van der Waals surface area contributed by atoms with E-state index >= 15 is 0 Å². The number of rotatable bonds is 1. The van der Waals surface area contributed by atoms with E-state index in [1.54, 1.807) is 13.0 Å². The third kappa shape index (κ3) is 2.94. The number of amides is 4. The van der Waals surface area contributed by atoms with E-state index in [4.69, 9.17) is 17.3 Å². The normalized spacial score (nSPS) is 28.8. The maximum absolute atomic E-state index is 13.1. The largest absolute Gasteiger partial charge is 0.508 e. The van der Waals surface area contributed by atoms with Gasteiger partial charge in [0.1, 0.15) is 5.75 Å². The predicted octanol–water partition coefficient (Wildman–Crippen LogP) is 2.55. The molecular formula is C24H19ClN2O6. The molecule has 0 aromatic heterocycles. The number of likely N-dealkylation sites (tertiary alicyclic amines) is 1. The number of carbonyl (C=O) groups is 5. The van der Waals surface area contributed by atoms with E-state index in [1.807, 2.05) is 0 Å². The van der Waals surface area contributed by atoms with Crippen molar-refractivity contribution < 1.29 is 29.1 Å². The van der Waals surface area contributed by atoms with Crippen molar-refractivity contribution in [3.63, 3.8) is 0 Å². The molecule has 9 heteroatoms. The zero-order chi connectivity index (χ0) is 23.8. The number of aromatic hydroxyl groups is 1. The summed E-state index contributed by atoms with van der Waals surface area (Å²) in [5.41, 5.74) is 7.04. The third-order valence-electron chi connectivity index (χ3n) is 7.08. The molecule has 4 atom stereocenters. The minimum atomic E-state index is -1.14. The Hall–Kier alpha value is -3.52. The summed E-state index contributed by atoms with van der Waals surface area (Å²) in [7, 11) is 0. The second-order valence-corrected chi connectivity index (χ2v) is 9.22. The second kappa shape index (κ2) is 7.25. The number of nitrogens with two attached hydrogens (primary N) is 1. The first kappa shape index (κ1) is 21.3. The minimum Gasteiger partial charge on any atom is -0.508 e.